The Morgan fingerprint density at radius 3 is 2.56 bits per heavy atom. The van der Waals surface area contributed by atoms with E-state index in [4.69, 9.17) is 4.42 Å². The Bertz CT molecular complexity index is 856. The molecule has 0 atom stereocenters. The molecule has 4 rings (SSSR count). The Hall–Kier alpha value is -3.13. The van der Waals surface area contributed by atoms with Crippen molar-refractivity contribution in [2.75, 3.05) is 49.5 Å². The molecule has 0 spiro atoms. The molecule has 1 aromatic carbocycles. The molecule has 1 saturated heterocycles. The van der Waals surface area contributed by atoms with Gasteiger partial charge in [0.05, 0.1) is 24.2 Å². The van der Waals surface area contributed by atoms with Crippen LogP contribution in [0.15, 0.2) is 47.1 Å². The fourth-order valence-electron chi connectivity index (χ4n) is 3.40. The highest BCUT2D eigenvalue weighted by Crippen LogP contribution is 2.29. The van der Waals surface area contributed by atoms with Gasteiger partial charge in [0.25, 0.3) is 5.91 Å². The van der Waals surface area contributed by atoms with Gasteiger partial charge in [-0.15, -0.1) is 0 Å². The molecule has 0 saturated carbocycles. The molecule has 2 aromatic rings. The lowest BCUT2D eigenvalue weighted by atomic mass is 10.2. The van der Waals surface area contributed by atoms with Crippen LogP contribution in [-0.2, 0) is 9.59 Å². The summed E-state index contributed by atoms with van der Waals surface area (Å²) in [5, 5.41) is 2.78. The SMILES string of the molecule is O=C1CN(C(=O)CN2CCN(C(=O)c3ccco3)CC2)c2ccccc2N1. The number of hydrogen-bond acceptors (Lipinski definition) is 5. The highest BCUT2D eigenvalue weighted by molar-refractivity contribution is 6.10. The number of hydrogen-bond donors (Lipinski definition) is 1. The van der Waals surface area contributed by atoms with Gasteiger partial charge in [0.1, 0.15) is 6.54 Å². The molecule has 0 radical (unpaired) electrons. The molecular weight excluding hydrogens is 348 g/mol. The average molecular weight is 368 g/mol. The summed E-state index contributed by atoms with van der Waals surface area (Å²) in [4.78, 5) is 42.2. The topological polar surface area (TPSA) is 86.1 Å². The van der Waals surface area contributed by atoms with Crippen molar-refractivity contribution in [1.29, 1.82) is 0 Å². The van der Waals surface area contributed by atoms with E-state index in [0.29, 0.717) is 43.3 Å². The lowest BCUT2D eigenvalue weighted by Crippen LogP contribution is -2.52. The Balaban J connectivity index is 1.36. The summed E-state index contributed by atoms with van der Waals surface area (Å²) < 4.78 is 5.16. The maximum absolute atomic E-state index is 12.8. The van der Waals surface area contributed by atoms with Crippen molar-refractivity contribution in [2.24, 2.45) is 0 Å². The molecule has 1 N–H and O–H groups in total. The van der Waals surface area contributed by atoms with Crippen LogP contribution < -0.4 is 10.2 Å². The lowest BCUT2D eigenvalue weighted by Gasteiger charge is -2.36. The van der Waals surface area contributed by atoms with Crippen molar-refractivity contribution in [3.8, 4) is 0 Å². The van der Waals surface area contributed by atoms with Crippen LogP contribution in [-0.4, -0.2) is 66.8 Å². The molecule has 3 heterocycles. The van der Waals surface area contributed by atoms with Gasteiger partial charge >= 0.3 is 0 Å². The molecule has 3 amide bonds. The molecular formula is C19H20N4O4. The zero-order chi connectivity index (χ0) is 18.8. The average Bonchev–Trinajstić information content (AvgIpc) is 3.22. The minimum absolute atomic E-state index is 0.0206. The van der Waals surface area contributed by atoms with Crippen molar-refractivity contribution in [1.82, 2.24) is 9.80 Å². The van der Waals surface area contributed by atoms with Crippen LogP contribution in [0.1, 0.15) is 10.6 Å². The molecule has 0 bridgehead atoms. The van der Waals surface area contributed by atoms with Gasteiger partial charge in [-0.3, -0.25) is 24.2 Å². The van der Waals surface area contributed by atoms with Crippen LogP contribution in [0.25, 0.3) is 0 Å². The monoisotopic (exact) mass is 368 g/mol. The number of rotatable bonds is 3. The van der Waals surface area contributed by atoms with Crippen LogP contribution in [0.5, 0.6) is 0 Å². The number of para-hydroxylation sites is 2. The summed E-state index contributed by atoms with van der Waals surface area (Å²) in [5.41, 5.74) is 1.37. The van der Waals surface area contributed by atoms with Crippen molar-refractivity contribution < 1.29 is 18.8 Å². The zero-order valence-corrected chi connectivity index (χ0v) is 14.8. The van der Waals surface area contributed by atoms with Gasteiger partial charge in [0, 0.05) is 26.2 Å². The predicted octanol–water partition coefficient (Wildman–Crippen LogP) is 1.02. The largest absolute Gasteiger partial charge is 0.459 e. The first kappa shape index (κ1) is 17.3. The van der Waals surface area contributed by atoms with Crippen molar-refractivity contribution >= 4 is 29.1 Å². The first-order valence-corrected chi connectivity index (χ1v) is 8.86. The highest BCUT2D eigenvalue weighted by Gasteiger charge is 2.29. The van der Waals surface area contributed by atoms with Gasteiger partial charge in [-0.2, -0.15) is 0 Å². The van der Waals surface area contributed by atoms with Gasteiger partial charge in [-0.1, -0.05) is 12.1 Å². The minimum atomic E-state index is -0.198. The number of carbonyl (C=O) groups is 3. The highest BCUT2D eigenvalue weighted by atomic mass is 16.3. The Labute approximate surface area is 156 Å². The maximum Gasteiger partial charge on any atom is 0.289 e. The van der Waals surface area contributed by atoms with E-state index in [-0.39, 0.29) is 30.8 Å². The van der Waals surface area contributed by atoms with Gasteiger partial charge < -0.3 is 14.6 Å². The third kappa shape index (κ3) is 3.56. The second-order valence-electron chi connectivity index (χ2n) is 6.59. The molecule has 2 aliphatic rings. The van der Waals surface area contributed by atoms with E-state index >= 15 is 0 Å². The predicted molar refractivity (Wildman–Crippen MR) is 98.5 cm³/mol. The Morgan fingerprint density at radius 1 is 1.04 bits per heavy atom. The number of anilines is 2. The van der Waals surface area contributed by atoms with E-state index in [1.54, 1.807) is 23.1 Å². The summed E-state index contributed by atoms with van der Waals surface area (Å²) in [5.74, 6) is -0.123. The van der Waals surface area contributed by atoms with Crippen molar-refractivity contribution in [2.45, 2.75) is 0 Å². The number of piperazine rings is 1. The van der Waals surface area contributed by atoms with E-state index in [2.05, 4.69) is 5.32 Å². The second-order valence-corrected chi connectivity index (χ2v) is 6.59. The Kier molecular flexibility index (Phi) is 4.64. The van der Waals surface area contributed by atoms with E-state index in [0.717, 1.165) is 0 Å². The Morgan fingerprint density at radius 2 is 1.81 bits per heavy atom. The van der Waals surface area contributed by atoms with E-state index in [9.17, 15) is 14.4 Å². The minimum Gasteiger partial charge on any atom is -0.459 e. The molecule has 0 aliphatic carbocycles. The van der Waals surface area contributed by atoms with Gasteiger partial charge in [0.2, 0.25) is 11.8 Å². The standard InChI is InChI=1S/C19H20N4O4/c24-17-12-23(15-5-2-1-4-14(15)20-17)18(25)13-21-7-9-22(10-8-21)19(26)16-6-3-11-27-16/h1-6,11H,7-10,12-13H2,(H,20,24). The summed E-state index contributed by atoms with van der Waals surface area (Å²) in [6.07, 6.45) is 1.48. The van der Waals surface area contributed by atoms with Crippen LogP contribution in [0.4, 0.5) is 11.4 Å². The summed E-state index contributed by atoms with van der Waals surface area (Å²) >= 11 is 0. The normalized spacial score (nSPS) is 17.4. The summed E-state index contributed by atoms with van der Waals surface area (Å²) in [6, 6.07) is 10.6. The summed E-state index contributed by atoms with van der Waals surface area (Å²) in [6.45, 7) is 2.49. The molecule has 2 aliphatic heterocycles. The van der Waals surface area contributed by atoms with Gasteiger partial charge in [-0.25, -0.2) is 0 Å². The van der Waals surface area contributed by atoms with Gasteiger partial charge in [-0.05, 0) is 24.3 Å². The van der Waals surface area contributed by atoms with E-state index in [1.807, 2.05) is 23.1 Å². The van der Waals surface area contributed by atoms with Crippen LogP contribution in [0.2, 0.25) is 0 Å². The smallest absolute Gasteiger partial charge is 0.289 e. The number of benzene rings is 1. The fraction of sp³-hybridized carbons (Fsp3) is 0.316. The van der Waals surface area contributed by atoms with Crippen LogP contribution in [0, 0.1) is 0 Å². The molecule has 8 nitrogen and oxygen atoms in total. The number of amides is 3. The maximum atomic E-state index is 12.8. The van der Waals surface area contributed by atoms with E-state index < -0.39 is 0 Å². The number of fused-ring (bicyclic) bond motifs is 1. The van der Waals surface area contributed by atoms with Gasteiger partial charge in [0.15, 0.2) is 5.76 Å². The van der Waals surface area contributed by atoms with E-state index in [1.165, 1.54) is 11.2 Å². The van der Waals surface area contributed by atoms with Crippen LogP contribution >= 0.6 is 0 Å². The second kappa shape index (κ2) is 7.24. The first-order valence-electron chi connectivity index (χ1n) is 8.86. The first-order chi connectivity index (χ1) is 13.1. The third-order valence-electron chi connectivity index (χ3n) is 4.82. The number of carbonyl (C=O) groups excluding carboxylic acids is 3. The summed E-state index contributed by atoms with van der Waals surface area (Å²) in [7, 11) is 0. The molecule has 1 fully saturated rings. The number of nitrogens with one attached hydrogen (secondary N) is 1. The van der Waals surface area contributed by atoms with Crippen molar-refractivity contribution in [3.63, 3.8) is 0 Å². The van der Waals surface area contributed by atoms with Crippen LogP contribution in [0.3, 0.4) is 0 Å². The quantitative estimate of drug-likeness (QED) is 0.874. The lowest BCUT2D eigenvalue weighted by molar-refractivity contribution is -0.122. The van der Waals surface area contributed by atoms with Crippen molar-refractivity contribution in [3.05, 3.63) is 48.4 Å². The fourth-order valence-corrected chi connectivity index (χ4v) is 3.40. The molecule has 1 aromatic heterocycles. The third-order valence-corrected chi connectivity index (χ3v) is 4.82. The molecule has 0 unspecified atom stereocenters. The molecule has 140 valence electrons. The molecule has 27 heavy (non-hydrogen) atoms. The molecule has 8 heteroatoms. The number of nitrogens with zero attached hydrogens (tertiary/aromatic N) is 3. The zero-order valence-electron chi connectivity index (χ0n) is 14.8. The number of furan rings is 1.